The molecule has 0 aliphatic carbocycles. The van der Waals surface area contributed by atoms with Crippen LogP contribution >= 0.6 is 0 Å². The highest BCUT2D eigenvalue weighted by atomic mass is 15.1. The van der Waals surface area contributed by atoms with E-state index in [2.05, 4.69) is 92.0 Å². The van der Waals surface area contributed by atoms with Crippen LogP contribution in [0.25, 0.3) is 32.9 Å². The topological polar surface area (TPSA) is 7.12 Å². The molecule has 2 heterocycles. The third-order valence-electron chi connectivity index (χ3n) is 5.55. The van der Waals surface area contributed by atoms with Crippen LogP contribution in [0.15, 0.2) is 54.6 Å². The van der Waals surface area contributed by atoms with Gasteiger partial charge >= 0.3 is 0 Å². The first-order chi connectivity index (χ1) is 12.1. The fraction of sp³-hybridized carbons (Fsp3) is 0.174. The highest BCUT2D eigenvalue weighted by Gasteiger charge is 2.30. The molecule has 0 spiro atoms. The third kappa shape index (κ3) is 1.82. The van der Waals surface area contributed by atoms with Crippen LogP contribution < -0.4 is 9.47 Å². The predicted octanol–water partition coefficient (Wildman–Crippen LogP) is 5.18. The first kappa shape index (κ1) is 14.5. The molecule has 1 aromatic heterocycles. The van der Waals surface area contributed by atoms with Crippen LogP contribution in [0.4, 0.5) is 11.4 Å². The Labute approximate surface area is 147 Å². The zero-order chi connectivity index (χ0) is 17.3. The minimum absolute atomic E-state index is 1.27. The molecule has 0 saturated heterocycles. The standard InChI is InChI=1S/C23H21N2/c1-14-8-10-19-17(12-14)16-6-5-7-21-22(16)23(25(19)4)18-13-15(2)9-11-20(18)24(21)3/h5-13H,1-4H3/q+1. The maximum absolute atomic E-state index is 2.37. The largest absolute Gasteiger partial charge is 0.343 e. The Kier molecular flexibility index (Phi) is 2.79. The van der Waals surface area contributed by atoms with Crippen LogP contribution in [-0.2, 0) is 7.05 Å². The van der Waals surface area contributed by atoms with Gasteiger partial charge in [-0.3, -0.25) is 0 Å². The molecule has 0 amide bonds. The molecular weight excluding hydrogens is 304 g/mol. The SMILES string of the molecule is Cc1ccc2c(c1)-c1c3c(cccc3c3cc(C)ccc3[n+]1C)N2C. The van der Waals surface area contributed by atoms with E-state index >= 15 is 0 Å². The normalized spacial score (nSPS) is 12.7. The Bertz CT molecular complexity index is 1190. The van der Waals surface area contributed by atoms with Crippen molar-refractivity contribution in [2.24, 2.45) is 7.05 Å². The lowest BCUT2D eigenvalue weighted by atomic mass is 9.92. The molecule has 1 aliphatic rings. The molecular formula is C23H21N2+. The summed E-state index contributed by atoms with van der Waals surface area (Å²) in [6.45, 7) is 4.34. The van der Waals surface area contributed by atoms with E-state index in [1.54, 1.807) is 0 Å². The number of fused-ring (bicyclic) bond motifs is 4. The summed E-state index contributed by atoms with van der Waals surface area (Å²) in [5.74, 6) is 0. The molecule has 4 aromatic rings. The first-order valence-corrected chi connectivity index (χ1v) is 8.76. The smallest absolute Gasteiger partial charge is 0.224 e. The lowest BCUT2D eigenvalue weighted by molar-refractivity contribution is -0.632. The van der Waals surface area contributed by atoms with E-state index in [1.165, 1.54) is 55.4 Å². The van der Waals surface area contributed by atoms with Crippen molar-refractivity contribution in [1.29, 1.82) is 0 Å². The van der Waals surface area contributed by atoms with Gasteiger partial charge in [-0.05, 0) is 38.1 Å². The summed E-state index contributed by atoms with van der Waals surface area (Å²) in [4.78, 5) is 2.33. The van der Waals surface area contributed by atoms with Crippen molar-refractivity contribution in [1.82, 2.24) is 0 Å². The van der Waals surface area contributed by atoms with Crippen LogP contribution in [-0.4, -0.2) is 7.05 Å². The summed E-state index contributed by atoms with van der Waals surface area (Å²) in [6, 6.07) is 20.2. The van der Waals surface area contributed by atoms with Gasteiger partial charge in [0.05, 0.1) is 27.7 Å². The van der Waals surface area contributed by atoms with E-state index in [-0.39, 0.29) is 0 Å². The second-order valence-corrected chi connectivity index (χ2v) is 7.21. The zero-order valence-electron chi connectivity index (χ0n) is 15.1. The summed E-state index contributed by atoms with van der Waals surface area (Å²) >= 11 is 0. The molecule has 0 bridgehead atoms. The van der Waals surface area contributed by atoms with Crippen molar-refractivity contribution in [3.63, 3.8) is 0 Å². The Morgan fingerprint density at radius 1 is 0.800 bits per heavy atom. The highest BCUT2D eigenvalue weighted by Crippen LogP contribution is 2.46. The van der Waals surface area contributed by atoms with Crippen molar-refractivity contribution in [2.75, 3.05) is 11.9 Å². The Morgan fingerprint density at radius 2 is 1.56 bits per heavy atom. The second-order valence-electron chi connectivity index (χ2n) is 7.21. The minimum atomic E-state index is 1.27. The molecule has 5 rings (SSSR count). The number of anilines is 2. The van der Waals surface area contributed by atoms with Crippen molar-refractivity contribution >= 4 is 33.1 Å². The molecule has 0 atom stereocenters. The molecule has 0 N–H and O–H groups in total. The molecule has 2 nitrogen and oxygen atoms in total. The number of hydrogen-bond acceptors (Lipinski definition) is 1. The summed E-state index contributed by atoms with van der Waals surface area (Å²) in [7, 11) is 4.37. The van der Waals surface area contributed by atoms with Crippen LogP contribution in [0.5, 0.6) is 0 Å². The minimum Gasteiger partial charge on any atom is -0.343 e. The van der Waals surface area contributed by atoms with Crippen LogP contribution in [0, 0.1) is 13.8 Å². The van der Waals surface area contributed by atoms with Crippen LogP contribution in [0.3, 0.4) is 0 Å². The maximum Gasteiger partial charge on any atom is 0.224 e. The first-order valence-electron chi connectivity index (χ1n) is 8.76. The maximum atomic E-state index is 2.37. The Balaban J connectivity index is 2.09. The average molecular weight is 325 g/mol. The van der Waals surface area contributed by atoms with Gasteiger partial charge in [0.25, 0.3) is 0 Å². The van der Waals surface area contributed by atoms with Crippen molar-refractivity contribution in [3.8, 4) is 11.3 Å². The average Bonchev–Trinajstić information content (AvgIpc) is 2.60. The number of pyridine rings is 1. The number of rotatable bonds is 0. The van der Waals surface area contributed by atoms with Gasteiger partial charge in [0, 0.05) is 18.5 Å². The zero-order valence-corrected chi connectivity index (χ0v) is 15.1. The molecule has 0 saturated carbocycles. The molecule has 25 heavy (non-hydrogen) atoms. The van der Waals surface area contributed by atoms with Gasteiger partial charge in [0.15, 0.2) is 0 Å². The third-order valence-corrected chi connectivity index (χ3v) is 5.55. The van der Waals surface area contributed by atoms with Crippen LogP contribution in [0.1, 0.15) is 11.1 Å². The van der Waals surface area contributed by atoms with Gasteiger partial charge in [0.1, 0.15) is 7.05 Å². The quantitative estimate of drug-likeness (QED) is 0.319. The summed E-state index contributed by atoms with van der Waals surface area (Å²) in [5, 5.41) is 4.01. The van der Waals surface area contributed by atoms with E-state index in [1.807, 2.05) is 0 Å². The predicted molar refractivity (Wildman–Crippen MR) is 106 cm³/mol. The van der Waals surface area contributed by atoms with Crippen molar-refractivity contribution in [2.45, 2.75) is 13.8 Å². The van der Waals surface area contributed by atoms with Gasteiger partial charge in [-0.25, -0.2) is 0 Å². The number of aryl methyl sites for hydroxylation is 3. The molecule has 0 unspecified atom stereocenters. The van der Waals surface area contributed by atoms with E-state index in [0.717, 1.165) is 0 Å². The van der Waals surface area contributed by atoms with E-state index in [9.17, 15) is 0 Å². The lowest BCUT2D eigenvalue weighted by Crippen LogP contribution is -2.34. The molecule has 1 aliphatic heterocycles. The van der Waals surface area contributed by atoms with E-state index in [0.29, 0.717) is 0 Å². The van der Waals surface area contributed by atoms with E-state index < -0.39 is 0 Å². The Morgan fingerprint density at radius 3 is 2.40 bits per heavy atom. The monoisotopic (exact) mass is 325 g/mol. The van der Waals surface area contributed by atoms with Crippen molar-refractivity contribution < 1.29 is 4.57 Å². The summed E-state index contributed by atoms with van der Waals surface area (Å²) in [6.07, 6.45) is 0. The molecule has 2 heteroatoms. The summed E-state index contributed by atoms with van der Waals surface area (Å²) in [5.41, 5.74) is 9.06. The van der Waals surface area contributed by atoms with Crippen LogP contribution in [0.2, 0.25) is 0 Å². The fourth-order valence-electron chi connectivity index (χ4n) is 4.32. The molecule has 3 aromatic carbocycles. The Hall–Kier alpha value is -2.87. The van der Waals surface area contributed by atoms with Gasteiger partial charge < -0.3 is 4.90 Å². The molecule has 0 radical (unpaired) electrons. The van der Waals surface area contributed by atoms with Gasteiger partial charge in [-0.2, -0.15) is 4.57 Å². The number of hydrogen-bond donors (Lipinski definition) is 0. The van der Waals surface area contributed by atoms with E-state index in [4.69, 9.17) is 0 Å². The second kappa shape index (κ2) is 4.82. The molecule has 0 fully saturated rings. The highest BCUT2D eigenvalue weighted by molar-refractivity contribution is 6.17. The van der Waals surface area contributed by atoms with Gasteiger partial charge in [0.2, 0.25) is 11.2 Å². The fourth-order valence-corrected chi connectivity index (χ4v) is 4.32. The van der Waals surface area contributed by atoms with Gasteiger partial charge in [-0.15, -0.1) is 0 Å². The lowest BCUT2D eigenvalue weighted by Gasteiger charge is -2.29. The summed E-state index contributed by atoms with van der Waals surface area (Å²) < 4.78 is 2.37. The number of nitrogens with zero attached hydrogens (tertiary/aromatic N) is 2. The number of benzene rings is 3. The van der Waals surface area contributed by atoms with Gasteiger partial charge in [-0.1, -0.05) is 35.4 Å². The number of aromatic nitrogens is 1. The molecule has 122 valence electrons. The van der Waals surface area contributed by atoms with Crippen molar-refractivity contribution in [3.05, 3.63) is 65.7 Å².